The largest absolute Gasteiger partial charge is 0.365 e. The second kappa shape index (κ2) is 6.28. The third-order valence-corrected chi connectivity index (χ3v) is 4.68. The van der Waals surface area contributed by atoms with Gasteiger partial charge in [0.1, 0.15) is 5.00 Å². The lowest BCUT2D eigenvalue weighted by molar-refractivity contribution is -0.115. The Morgan fingerprint density at radius 2 is 1.95 bits per heavy atom. The van der Waals surface area contributed by atoms with E-state index in [1.807, 2.05) is 19.9 Å². The van der Waals surface area contributed by atoms with Crippen LogP contribution in [0.15, 0.2) is 24.3 Å². The quantitative estimate of drug-likeness (QED) is 0.906. The SMILES string of the molecule is Cc1sc(NC(=O)Cc2ccccc2Cl)c(C(N)=O)c1C. The number of aryl methyl sites for hydroxylation is 1. The average molecular weight is 323 g/mol. The maximum Gasteiger partial charge on any atom is 0.251 e. The Labute approximate surface area is 131 Å². The molecule has 0 unspecified atom stereocenters. The Morgan fingerprint density at radius 1 is 1.29 bits per heavy atom. The van der Waals surface area contributed by atoms with E-state index in [4.69, 9.17) is 17.3 Å². The molecule has 4 nitrogen and oxygen atoms in total. The number of nitrogens with one attached hydrogen (secondary N) is 1. The van der Waals surface area contributed by atoms with E-state index < -0.39 is 5.91 Å². The summed E-state index contributed by atoms with van der Waals surface area (Å²) in [6.45, 7) is 3.70. The molecule has 6 heteroatoms. The van der Waals surface area contributed by atoms with E-state index in [0.29, 0.717) is 15.6 Å². The number of carbonyl (C=O) groups excluding carboxylic acids is 2. The first-order chi connectivity index (χ1) is 9.90. The molecule has 0 atom stereocenters. The second-order valence-corrected chi connectivity index (χ2v) is 6.30. The van der Waals surface area contributed by atoms with Crippen molar-refractivity contribution in [3.8, 4) is 0 Å². The summed E-state index contributed by atoms with van der Waals surface area (Å²) in [7, 11) is 0. The maximum atomic E-state index is 12.1. The summed E-state index contributed by atoms with van der Waals surface area (Å²) in [5.41, 5.74) is 7.30. The molecule has 110 valence electrons. The van der Waals surface area contributed by atoms with Crippen molar-refractivity contribution in [1.82, 2.24) is 0 Å². The van der Waals surface area contributed by atoms with Gasteiger partial charge in [0.05, 0.1) is 12.0 Å². The van der Waals surface area contributed by atoms with Crippen molar-refractivity contribution in [1.29, 1.82) is 0 Å². The fourth-order valence-corrected chi connectivity index (χ4v) is 3.28. The highest BCUT2D eigenvalue weighted by molar-refractivity contribution is 7.16. The molecule has 0 aliphatic rings. The van der Waals surface area contributed by atoms with Crippen molar-refractivity contribution in [3.05, 3.63) is 50.9 Å². The molecule has 0 spiro atoms. The van der Waals surface area contributed by atoms with Gasteiger partial charge in [0.15, 0.2) is 0 Å². The molecule has 0 bridgehead atoms. The Bertz CT molecular complexity index is 710. The van der Waals surface area contributed by atoms with Crippen LogP contribution in [-0.2, 0) is 11.2 Å². The van der Waals surface area contributed by atoms with Gasteiger partial charge in [-0.15, -0.1) is 11.3 Å². The summed E-state index contributed by atoms with van der Waals surface area (Å²) in [6, 6.07) is 7.16. The lowest BCUT2D eigenvalue weighted by Crippen LogP contribution is -2.18. The van der Waals surface area contributed by atoms with Crippen LogP contribution in [0.4, 0.5) is 5.00 Å². The number of rotatable bonds is 4. The van der Waals surface area contributed by atoms with E-state index in [2.05, 4.69) is 5.32 Å². The van der Waals surface area contributed by atoms with Gasteiger partial charge in [-0.05, 0) is 31.0 Å². The van der Waals surface area contributed by atoms with Gasteiger partial charge in [0.2, 0.25) is 5.91 Å². The van der Waals surface area contributed by atoms with Crippen molar-refractivity contribution < 1.29 is 9.59 Å². The third-order valence-electron chi connectivity index (χ3n) is 3.19. The zero-order valence-electron chi connectivity index (χ0n) is 11.7. The van der Waals surface area contributed by atoms with Gasteiger partial charge in [-0.25, -0.2) is 0 Å². The molecule has 2 aromatic rings. The number of hydrogen-bond acceptors (Lipinski definition) is 3. The fourth-order valence-electron chi connectivity index (χ4n) is 2.00. The van der Waals surface area contributed by atoms with Gasteiger partial charge in [0.25, 0.3) is 5.91 Å². The maximum absolute atomic E-state index is 12.1. The topological polar surface area (TPSA) is 72.2 Å². The molecule has 1 aromatic heterocycles. The highest BCUT2D eigenvalue weighted by atomic mass is 35.5. The Hall–Kier alpha value is -1.85. The molecule has 0 aliphatic heterocycles. The highest BCUT2D eigenvalue weighted by Gasteiger charge is 2.19. The van der Waals surface area contributed by atoms with Gasteiger partial charge < -0.3 is 11.1 Å². The summed E-state index contributed by atoms with van der Waals surface area (Å²) in [5, 5.41) is 3.79. The molecule has 2 amide bonds. The minimum Gasteiger partial charge on any atom is -0.365 e. The van der Waals surface area contributed by atoms with Crippen LogP contribution < -0.4 is 11.1 Å². The summed E-state index contributed by atoms with van der Waals surface area (Å²) in [6.07, 6.45) is 0.147. The lowest BCUT2D eigenvalue weighted by atomic mass is 10.1. The van der Waals surface area contributed by atoms with Crippen molar-refractivity contribution in [2.45, 2.75) is 20.3 Å². The number of hydrogen-bond donors (Lipinski definition) is 2. The molecule has 21 heavy (non-hydrogen) atoms. The molecule has 0 fully saturated rings. The predicted octanol–water partition coefficient (Wildman–Crippen LogP) is 3.30. The molecule has 2 rings (SSSR count). The average Bonchev–Trinajstić information content (AvgIpc) is 2.67. The zero-order valence-corrected chi connectivity index (χ0v) is 13.3. The summed E-state index contributed by atoms with van der Waals surface area (Å²) in [4.78, 5) is 24.6. The zero-order chi connectivity index (χ0) is 15.6. The molecule has 1 heterocycles. The van der Waals surface area contributed by atoms with E-state index in [-0.39, 0.29) is 12.3 Å². The van der Waals surface area contributed by atoms with Crippen LogP contribution in [-0.4, -0.2) is 11.8 Å². The summed E-state index contributed by atoms with van der Waals surface area (Å²) >= 11 is 7.38. The number of thiophene rings is 1. The number of nitrogens with two attached hydrogens (primary N) is 1. The van der Waals surface area contributed by atoms with Crippen LogP contribution in [0.25, 0.3) is 0 Å². The normalized spacial score (nSPS) is 10.4. The minimum atomic E-state index is -0.537. The Morgan fingerprint density at radius 3 is 2.57 bits per heavy atom. The standard InChI is InChI=1S/C15H15ClN2O2S/c1-8-9(2)21-15(13(8)14(17)20)18-12(19)7-10-5-3-4-6-11(10)16/h3-6H,7H2,1-2H3,(H2,17,20)(H,18,19). The molecule has 0 radical (unpaired) electrons. The van der Waals surface area contributed by atoms with Crippen LogP contribution in [0, 0.1) is 13.8 Å². The molecule has 1 aromatic carbocycles. The van der Waals surface area contributed by atoms with Crippen molar-refractivity contribution in [2.75, 3.05) is 5.32 Å². The van der Waals surface area contributed by atoms with Crippen molar-refractivity contribution in [3.63, 3.8) is 0 Å². The van der Waals surface area contributed by atoms with Crippen LogP contribution in [0.5, 0.6) is 0 Å². The van der Waals surface area contributed by atoms with Crippen LogP contribution in [0.2, 0.25) is 5.02 Å². The Kier molecular flexibility index (Phi) is 4.65. The highest BCUT2D eigenvalue weighted by Crippen LogP contribution is 2.32. The van der Waals surface area contributed by atoms with Crippen LogP contribution in [0.3, 0.4) is 0 Å². The molecule has 3 N–H and O–H groups in total. The predicted molar refractivity (Wildman–Crippen MR) is 86.1 cm³/mol. The molecule has 0 aliphatic carbocycles. The minimum absolute atomic E-state index is 0.147. The van der Waals surface area contributed by atoms with Crippen molar-refractivity contribution in [2.24, 2.45) is 5.73 Å². The van der Waals surface area contributed by atoms with E-state index in [1.165, 1.54) is 11.3 Å². The number of benzene rings is 1. The number of carbonyl (C=O) groups is 2. The van der Waals surface area contributed by atoms with Gasteiger partial charge >= 0.3 is 0 Å². The summed E-state index contributed by atoms with van der Waals surface area (Å²) in [5.74, 6) is -0.767. The molecule has 0 saturated heterocycles. The van der Waals surface area contributed by atoms with Crippen LogP contribution in [0.1, 0.15) is 26.4 Å². The number of anilines is 1. The summed E-state index contributed by atoms with van der Waals surface area (Å²) < 4.78 is 0. The van der Waals surface area contributed by atoms with Gasteiger partial charge in [-0.3, -0.25) is 9.59 Å². The smallest absolute Gasteiger partial charge is 0.251 e. The first kappa shape index (κ1) is 15.5. The third kappa shape index (κ3) is 3.43. The van der Waals surface area contributed by atoms with Gasteiger partial charge in [0, 0.05) is 9.90 Å². The first-order valence-electron chi connectivity index (χ1n) is 6.33. The first-order valence-corrected chi connectivity index (χ1v) is 7.52. The number of amides is 2. The fraction of sp³-hybridized carbons (Fsp3) is 0.200. The van der Waals surface area contributed by atoms with E-state index in [9.17, 15) is 9.59 Å². The Balaban J connectivity index is 2.19. The lowest BCUT2D eigenvalue weighted by Gasteiger charge is -2.06. The van der Waals surface area contributed by atoms with E-state index in [1.54, 1.807) is 18.2 Å². The molecule has 0 saturated carbocycles. The van der Waals surface area contributed by atoms with E-state index in [0.717, 1.165) is 16.0 Å². The number of primary amides is 1. The van der Waals surface area contributed by atoms with Crippen molar-refractivity contribution >= 4 is 39.8 Å². The second-order valence-electron chi connectivity index (χ2n) is 4.67. The monoisotopic (exact) mass is 322 g/mol. The van der Waals surface area contributed by atoms with Crippen LogP contribution >= 0.6 is 22.9 Å². The van der Waals surface area contributed by atoms with Gasteiger partial charge in [-0.2, -0.15) is 0 Å². The van der Waals surface area contributed by atoms with E-state index >= 15 is 0 Å². The van der Waals surface area contributed by atoms with Gasteiger partial charge in [-0.1, -0.05) is 29.8 Å². The molecular weight excluding hydrogens is 308 g/mol. The molecular formula is C15H15ClN2O2S. The number of halogens is 1.